The van der Waals surface area contributed by atoms with Crippen molar-refractivity contribution in [2.75, 3.05) is 12.4 Å². The first-order valence-electron chi connectivity index (χ1n) is 8.04. The molecule has 0 bridgehead atoms. The molecule has 0 aromatic heterocycles. The third-order valence-electron chi connectivity index (χ3n) is 3.60. The molecule has 2 aromatic carbocycles. The lowest BCUT2D eigenvalue weighted by Gasteiger charge is -2.16. The zero-order valence-corrected chi connectivity index (χ0v) is 15.0. The van der Waals surface area contributed by atoms with Gasteiger partial charge in [-0.3, -0.25) is 0 Å². The van der Waals surface area contributed by atoms with Crippen LogP contribution in [-0.4, -0.2) is 18.7 Å². The van der Waals surface area contributed by atoms with E-state index in [2.05, 4.69) is 36.8 Å². The Morgan fingerprint density at radius 1 is 1.04 bits per heavy atom. The first-order chi connectivity index (χ1) is 11.9. The number of alkyl halides is 3. The van der Waals surface area contributed by atoms with Gasteiger partial charge in [0, 0.05) is 16.6 Å². The van der Waals surface area contributed by atoms with Crippen molar-refractivity contribution in [2.45, 2.75) is 31.5 Å². The van der Waals surface area contributed by atoms with Crippen LogP contribution in [0.1, 0.15) is 18.9 Å². The number of aryl methyl sites for hydroxylation is 1. The number of hydrogen-bond acceptors (Lipinski definition) is 3. The molecule has 2 nitrogen and oxygen atoms in total. The van der Waals surface area contributed by atoms with Crippen LogP contribution in [0.25, 0.3) is 0 Å². The third-order valence-corrected chi connectivity index (χ3v) is 4.82. The molecule has 136 valence electrons. The van der Waals surface area contributed by atoms with E-state index in [1.807, 2.05) is 6.07 Å². The SMILES string of the molecule is CCC(COc1ccc(OC(F)(F)F)cc1)CSc1cccc(C)c1. The Labute approximate surface area is 150 Å². The van der Waals surface area contributed by atoms with Gasteiger partial charge in [0.15, 0.2) is 0 Å². The zero-order valence-electron chi connectivity index (χ0n) is 14.2. The predicted octanol–water partition coefficient (Wildman–Crippen LogP) is 6.09. The molecular formula is C19H21F3O2S. The highest BCUT2D eigenvalue weighted by atomic mass is 32.2. The fourth-order valence-electron chi connectivity index (χ4n) is 2.15. The quantitative estimate of drug-likeness (QED) is 0.524. The molecule has 2 aromatic rings. The molecule has 0 heterocycles. The molecule has 0 fully saturated rings. The minimum atomic E-state index is -4.68. The zero-order chi connectivity index (χ0) is 18.3. The monoisotopic (exact) mass is 370 g/mol. The second-order valence-electron chi connectivity index (χ2n) is 5.73. The Bertz CT molecular complexity index is 656. The van der Waals surface area contributed by atoms with Crippen molar-refractivity contribution < 1.29 is 22.6 Å². The van der Waals surface area contributed by atoms with E-state index in [0.717, 1.165) is 12.2 Å². The predicted molar refractivity (Wildman–Crippen MR) is 94.3 cm³/mol. The summed E-state index contributed by atoms with van der Waals surface area (Å²) in [5, 5.41) is 0. The number of hydrogen-bond donors (Lipinski definition) is 0. The van der Waals surface area contributed by atoms with Gasteiger partial charge in [0.1, 0.15) is 11.5 Å². The van der Waals surface area contributed by atoms with Crippen molar-refractivity contribution in [2.24, 2.45) is 5.92 Å². The summed E-state index contributed by atoms with van der Waals surface area (Å²) in [7, 11) is 0. The minimum Gasteiger partial charge on any atom is -0.493 e. The van der Waals surface area contributed by atoms with E-state index < -0.39 is 6.36 Å². The van der Waals surface area contributed by atoms with Crippen LogP contribution in [0.4, 0.5) is 13.2 Å². The maximum atomic E-state index is 12.1. The molecule has 6 heteroatoms. The standard InChI is InChI=1S/C19H21F3O2S/c1-3-15(13-25-18-6-4-5-14(2)11-18)12-23-16-7-9-17(10-8-16)24-19(20,21)22/h4-11,15H,3,12-13H2,1-2H3. The molecule has 0 aliphatic rings. The molecule has 1 atom stereocenters. The first-order valence-corrected chi connectivity index (χ1v) is 9.02. The van der Waals surface area contributed by atoms with E-state index in [9.17, 15) is 13.2 Å². The van der Waals surface area contributed by atoms with Crippen LogP contribution in [0.2, 0.25) is 0 Å². The number of thioether (sulfide) groups is 1. The third kappa shape index (κ3) is 7.30. The van der Waals surface area contributed by atoms with Gasteiger partial charge < -0.3 is 9.47 Å². The van der Waals surface area contributed by atoms with Crippen LogP contribution >= 0.6 is 11.8 Å². The summed E-state index contributed by atoms with van der Waals surface area (Å²) in [4.78, 5) is 1.23. The van der Waals surface area contributed by atoms with E-state index >= 15 is 0 Å². The average Bonchev–Trinajstić information content (AvgIpc) is 2.55. The van der Waals surface area contributed by atoms with Crippen LogP contribution in [0.3, 0.4) is 0 Å². The fraction of sp³-hybridized carbons (Fsp3) is 0.368. The maximum absolute atomic E-state index is 12.1. The van der Waals surface area contributed by atoms with Gasteiger partial charge in [-0.1, -0.05) is 24.6 Å². The first kappa shape index (κ1) is 19.5. The largest absolute Gasteiger partial charge is 0.573 e. The average molecular weight is 370 g/mol. The van der Waals surface area contributed by atoms with Crippen molar-refractivity contribution in [3.63, 3.8) is 0 Å². The van der Waals surface area contributed by atoms with Gasteiger partial charge in [-0.15, -0.1) is 24.9 Å². The molecule has 0 aliphatic heterocycles. The Hall–Kier alpha value is -1.82. The van der Waals surface area contributed by atoms with Gasteiger partial charge in [0.05, 0.1) is 6.61 Å². The fourth-order valence-corrected chi connectivity index (χ4v) is 3.36. The van der Waals surface area contributed by atoms with E-state index in [0.29, 0.717) is 18.3 Å². The van der Waals surface area contributed by atoms with Crippen molar-refractivity contribution in [3.8, 4) is 11.5 Å². The second kappa shape index (κ2) is 9.04. The summed E-state index contributed by atoms with van der Waals surface area (Å²) in [6.07, 6.45) is -3.71. The Balaban J connectivity index is 1.81. The summed E-state index contributed by atoms with van der Waals surface area (Å²) < 4.78 is 46.0. The maximum Gasteiger partial charge on any atom is 0.573 e. The lowest BCUT2D eigenvalue weighted by molar-refractivity contribution is -0.274. The van der Waals surface area contributed by atoms with Crippen molar-refractivity contribution in [1.29, 1.82) is 0 Å². The highest BCUT2D eigenvalue weighted by Crippen LogP contribution is 2.26. The summed E-state index contributed by atoms with van der Waals surface area (Å²) in [6, 6.07) is 13.8. The van der Waals surface area contributed by atoms with Crippen molar-refractivity contribution in [3.05, 3.63) is 54.1 Å². The Morgan fingerprint density at radius 2 is 1.72 bits per heavy atom. The van der Waals surface area contributed by atoms with Crippen LogP contribution in [-0.2, 0) is 0 Å². The van der Waals surface area contributed by atoms with Gasteiger partial charge in [0.2, 0.25) is 0 Å². The molecule has 0 aliphatic carbocycles. The van der Waals surface area contributed by atoms with E-state index in [1.54, 1.807) is 11.8 Å². The van der Waals surface area contributed by atoms with Crippen LogP contribution < -0.4 is 9.47 Å². The molecule has 1 unspecified atom stereocenters. The van der Waals surface area contributed by atoms with E-state index in [-0.39, 0.29) is 5.75 Å². The highest BCUT2D eigenvalue weighted by Gasteiger charge is 2.30. The normalized spacial score (nSPS) is 12.7. The van der Waals surface area contributed by atoms with Gasteiger partial charge in [-0.2, -0.15) is 0 Å². The molecule has 0 saturated heterocycles. The Kier molecular flexibility index (Phi) is 7.05. The van der Waals surface area contributed by atoms with Gasteiger partial charge in [-0.25, -0.2) is 0 Å². The van der Waals surface area contributed by atoms with Crippen LogP contribution in [0, 0.1) is 12.8 Å². The van der Waals surface area contributed by atoms with Crippen LogP contribution in [0.15, 0.2) is 53.4 Å². The number of benzene rings is 2. The van der Waals surface area contributed by atoms with Crippen LogP contribution in [0.5, 0.6) is 11.5 Å². The van der Waals surface area contributed by atoms with Gasteiger partial charge in [-0.05, 0) is 49.7 Å². The molecule has 25 heavy (non-hydrogen) atoms. The van der Waals surface area contributed by atoms with Crippen molar-refractivity contribution >= 4 is 11.8 Å². The summed E-state index contributed by atoms with van der Waals surface area (Å²) in [5.41, 5.74) is 1.23. The molecule has 0 radical (unpaired) electrons. The molecule has 2 rings (SSSR count). The number of halogens is 3. The van der Waals surface area contributed by atoms with Gasteiger partial charge >= 0.3 is 6.36 Å². The van der Waals surface area contributed by atoms with E-state index in [4.69, 9.17) is 4.74 Å². The topological polar surface area (TPSA) is 18.5 Å². The minimum absolute atomic E-state index is 0.248. The summed E-state index contributed by atoms with van der Waals surface area (Å²) in [5.74, 6) is 1.57. The number of ether oxygens (including phenoxy) is 2. The Morgan fingerprint density at radius 3 is 2.32 bits per heavy atom. The lowest BCUT2D eigenvalue weighted by Crippen LogP contribution is -2.17. The lowest BCUT2D eigenvalue weighted by atomic mass is 10.1. The molecule has 0 spiro atoms. The summed E-state index contributed by atoms with van der Waals surface area (Å²) >= 11 is 1.79. The number of rotatable bonds is 8. The van der Waals surface area contributed by atoms with Gasteiger partial charge in [0.25, 0.3) is 0 Å². The molecule has 0 amide bonds. The molecule has 0 N–H and O–H groups in total. The van der Waals surface area contributed by atoms with Crippen molar-refractivity contribution in [1.82, 2.24) is 0 Å². The highest BCUT2D eigenvalue weighted by molar-refractivity contribution is 7.99. The molecule has 0 saturated carbocycles. The smallest absolute Gasteiger partial charge is 0.493 e. The second-order valence-corrected chi connectivity index (χ2v) is 6.83. The van der Waals surface area contributed by atoms with E-state index in [1.165, 1.54) is 34.7 Å². The summed E-state index contributed by atoms with van der Waals surface area (Å²) in [6.45, 7) is 4.69. The molecular weight excluding hydrogens is 349 g/mol.